The minimum Gasteiger partial charge on any atom is -0.394 e. The van der Waals surface area contributed by atoms with Crippen LogP contribution in [0, 0.1) is 13.8 Å². The van der Waals surface area contributed by atoms with Crippen LogP contribution in [0.5, 0.6) is 0 Å². The van der Waals surface area contributed by atoms with Gasteiger partial charge in [0.1, 0.15) is 11.8 Å². The number of nitrogens with zero attached hydrogens (tertiary/aromatic N) is 3. The third-order valence-corrected chi connectivity index (χ3v) is 9.34. The number of amides is 4. The highest BCUT2D eigenvalue weighted by molar-refractivity contribution is 6.58. The maximum Gasteiger partial charge on any atom is 0.737 e. The van der Waals surface area contributed by atoms with E-state index in [1.807, 2.05) is 19.1 Å². The van der Waals surface area contributed by atoms with Crippen molar-refractivity contribution in [2.75, 3.05) is 18.4 Å². The van der Waals surface area contributed by atoms with Crippen LogP contribution in [-0.4, -0.2) is 69.3 Å². The Hall–Kier alpha value is -4.55. The number of aryl methyl sites for hydroxylation is 2. The van der Waals surface area contributed by atoms with Gasteiger partial charge in [0.15, 0.2) is 5.70 Å². The van der Waals surface area contributed by atoms with E-state index < -0.39 is 18.9 Å². The molecule has 6 rings (SSSR count). The molecule has 0 aliphatic carbocycles. The summed E-state index contributed by atoms with van der Waals surface area (Å²) >= 11 is 0. The molecule has 1 unspecified atom stereocenters. The van der Waals surface area contributed by atoms with Crippen LogP contribution >= 0.6 is 0 Å². The van der Waals surface area contributed by atoms with Gasteiger partial charge in [-0.15, -0.1) is 0 Å². The van der Waals surface area contributed by atoms with Crippen LogP contribution in [0.4, 0.5) is 14.3 Å². The molecule has 3 N–H and O–H groups in total. The Labute approximate surface area is 266 Å². The second kappa shape index (κ2) is 12.7. The fourth-order valence-electron chi connectivity index (χ4n) is 7.03. The summed E-state index contributed by atoms with van der Waals surface area (Å²) in [6.07, 6.45) is 9.68. The van der Waals surface area contributed by atoms with E-state index in [0.717, 1.165) is 51.5 Å². The molecule has 46 heavy (non-hydrogen) atoms. The van der Waals surface area contributed by atoms with Crippen LogP contribution < -0.4 is 16.0 Å². The number of carbonyl (C=O) groups excluding carboxylic acids is 4. The molecule has 10 nitrogen and oxygen atoms in total. The van der Waals surface area contributed by atoms with Gasteiger partial charge in [-0.3, -0.25) is 24.5 Å². The number of hydrogen-bond acceptors (Lipinski definition) is 5. The number of allylic oxidation sites excluding steroid dienone is 2. The molecule has 0 spiro atoms. The Balaban J connectivity index is 0.900. The van der Waals surface area contributed by atoms with E-state index in [4.69, 9.17) is 0 Å². The summed E-state index contributed by atoms with van der Waals surface area (Å²) in [5.41, 5.74) is 5.10. The molecular weight excluding hydrogens is 593 g/mol. The second-order valence-electron chi connectivity index (χ2n) is 12.5. The number of carbonyl (C=O) groups is 4. The molecule has 13 heteroatoms. The van der Waals surface area contributed by atoms with Crippen LogP contribution in [-0.2, 0) is 20.9 Å². The van der Waals surface area contributed by atoms with E-state index in [9.17, 15) is 19.2 Å². The zero-order chi connectivity index (χ0) is 32.6. The van der Waals surface area contributed by atoms with Crippen molar-refractivity contribution in [3.05, 3.63) is 70.2 Å². The first-order valence-electron chi connectivity index (χ1n) is 16.1. The first kappa shape index (κ1) is 31.4. The Kier molecular flexibility index (Phi) is 8.67. The molecule has 4 aliphatic heterocycles. The average Bonchev–Trinajstić information content (AvgIpc) is 3.67. The van der Waals surface area contributed by atoms with E-state index in [1.165, 1.54) is 0 Å². The van der Waals surface area contributed by atoms with Gasteiger partial charge < -0.3 is 33.1 Å². The zero-order valence-electron chi connectivity index (χ0n) is 26.2. The number of aromatic nitrogens is 1. The van der Waals surface area contributed by atoms with Gasteiger partial charge in [0.25, 0.3) is 5.91 Å². The lowest BCUT2D eigenvalue weighted by Crippen LogP contribution is -2.52. The minimum atomic E-state index is -4.03. The smallest absolute Gasteiger partial charge is 0.394 e. The van der Waals surface area contributed by atoms with E-state index in [-0.39, 0.29) is 37.0 Å². The van der Waals surface area contributed by atoms with Crippen molar-refractivity contribution in [1.82, 2.24) is 20.0 Å². The zero-order valence-corrected chi connectivity index (χ0v) is 26.2. The summed E-state index contributed by atoms with van der Waals surface area (Å²) in [6, 6.07) is 6.65. The van der Waals surface area contributed by atoms with Crippen molar-refractivity contribution in [3.63, 3.8) is 0 Å². The van der Waals surface area contributed by atoms with Crippen molar-refractivity contribution < 1.29 is 32.3 Å². The van der Waals surface area contributed by atoms with Gasteiger partial charge in [-0.2, -0.15) is 0 Å². The molecular formula is C33H39BF2N6O4. The molecule has 0 radical (unpaired) electrons. The molecule has 1 aromatic carbocycles. The Morgan fingerprint density at radius 2 is 1.87 bits per heavy atom. The first-order valence-corrected chi connectivity index (χ1v) is 16.1. The lowest BCUT2D eigenvalue weighted by Gasteiger charge is -2.30. The Morgan fingerprint density at radius 3 is 2.65 bits per heavy atom. The third-order valence-electron chi connectivity index (χ3n) is 9.34. The molecule has 4 aliphatic rings. The van der Waals surface area contributed by atoms with Gasteiger partial charge in [-0.1, -0.05) is 18.9 Å². The van der Waals surface area contributed by atoms with E-state index in [2.05, 4.69) is 16.0 Å². The maximum absolute atomic E-state index is 15.6. The predicted octanol–water partition coefficient (Wildman–Crippen LogP) is 4.04. The minimum absolute atomic E-state index is 0.140. The molecule has 0 saturated carbocycles. The fourth-order valence-corrected chi connectivity index (χ4v) is 7.03. The number of hydrogen-bond donors (Lipinski definition) is 3. The summed E-state index contributed by atoms with van der Waals surface area (Å²) in [7, 11) is 0. The number of halogens is 2. The molecule has 2 aromatic rings. The number of fused-ring (bicyclic) bond motifs is 3. The maximum atomic E-state index is 15.6. The lowest BCUT2D eigenvalue weighted by molar-refractivity contribution is -0.362. The summed E-state index contributed by atoms with van der Waals surface area (Å²) in [6.45, 7) is 1.07. The molecule has 242 valence electrons. The van der Waals surface area contributed by atoms with Crippen molar-refractivity contribution in [3.8, 4) is 0 Å². The van der Waals surface area contributed by atoms with Crippen LogP contribution in [0.15, 0.2) is 42.1 Å². The number of nitrogens with one attached hydrogen (secondary N) is 3. The molecule has 1 aromatic heterocycles. The number of unbranched alkanes of at least 4 members (excludes halogenated alkanes) is 3. The normalized spacial score (nSPS) is 19.6. The molecule has 0 bridgehead atoms. The number of benzene rings is 1. The molecule has 1 saturated heterocycles. The van der Waals surface area contributed by atoms with Crippen LogP contribution in [0.2, 0.25) is 0 Å². The fraction of sp³-hybridized carbons (Fsp3) is 0.424. The summed E-state index contributed by atoms with van der Waals surface area (Å²) < 4.78 is 33.3. The van der Waals surface area contributed by atoms with Gasteiger partial charge in [-0.05, 0) is 62.6 Å². The highest BCUT2D eigenvalue weighted by atomic mass is 19.2. The van der Waals surface area contributed by atoms with Gasteiger partial charge >= 0.3 is 6.97 Å². The molecule has 4 amide bonds. The molecule has 5 heterocycles. The Morgan fingerprint density at radius 1 is 1.09 bits per heavy atom. The SMILES string of the molecule is Cc1cc(C)n2c1C=C1C=CC(CCC(=O)NCCCCCCNc3cccc4c3CN(C3CCC(=O)NC3=O)C4=O)=[N+]1[B-]2(F)F. The summed E-state index contributed by atoms with van der Waals surface area (Å²) in [5, 5.41) is 8.67. The molecule has 1 atom stereocenters. The Bertz CT molecular complexity index is 1710. The number of rotatable bonds is 12. The number of anilines is 1. The van der Waals surface area contributed by atoms with E-state index in [0.29, 0.717) is 54.4 Å². The van der Waals surface area contributed by atoms with Crippen LogP contribution in [0.25, 0.3) is 6.08 Å². The van der Waals surface area contributed by atoms with Crippen molar-refractivity contribution in [1.29, 1.82) is 0 Å². The summed E-state index contributed by atoms with van der Waals surface area (Å²) in [4.78, 5) is 50.9. The van der Waals surface area contributed by atoms with Crippen LogP contribution in [0.3, 0.4) is 0 Å². The van der Waals surface area contributed by atoms with Gasteiger partial charge in [0.05, 0.1) is 0 Å². The van der Waals surface area contributed by atoms with Gasteiger partial charge in [0.2, 0.25) is 17.7 Å². The van der Waals surface area contributed by atoms with E-state index >= 15 is 8.63 Å². The number of piperidine rings is 1. The van der Waals surface area contributed by atoms with Crippen molar-refractivity contribution >= 4 is 48.1 Å². The highest BCUT2D eigenvalue weighted by Crippen LogP contribution is 2.35. The standard InChI is InChI=1S/C33H39BF2N6O4/c1-21-18-22(2)41-29(21)19-24-11-10-23(42(24)34(41,35)36)12-14-30(43)38-17-6-4-3-5-16-37-27-9-7-8-25-26(27)20-40(33(25)46)28-13-15-31(44)39-32(28)45/h7-11,18-19,28,37H,3-6,12-17,20H2,1-2H3,(H,38,43)(H,39,44,45). The monoisotopic (exact) mass is 632 g/mol. The molecule has 1 fully saturated rings. The highest BCUT2D eigenvalue weighted by Gasteiger charge is 2.52. The van der Waals surface area contributed by atoms with Gasteiger partial charge in [-0.25, -0.2) is 0 Å². The van der Waals surface area contributed by atoms with Crippen LogP contribution in [0.1, 0.15) is 84.2 Å². The van der Waals surface area contributed by atoms with Crippen molar-refractivity contribution in [2.24, 2.45) is 0 Å². The second-order valence-corrected chi connectivity index (χ2v) is 12.5. The lowest BCUT2D eigenvalue weighted by atomic mass is 9.90. The average molecular weight is 633 g/mol. The van der Waals surface area contributed by atoms with Gasteiger partial charge in [0, 0.05) is 79.6 Å². The third kappa shape index (κ3) is 5.90. The van der Waals surface area contributed by atoms with Crippen molar-refractivity contribution in [2.45, 2.75) is 77.8 Å². The quantitative estimate of drug-likeness (QED) is 0.186. The first-order chi connectivity index (χ1) is 22.1. The number of imide groups is 1. The predicted molar refractivity (Wildman–Crippen MR) is 171 cm³/mol. The topological polar surface area (TPSA) is 116 Å². The largest absolute Gasteiger partial charge is 0.737 e. The van der Waals surface area contributed by atoms with E-state index in [1.54, 1.807) is 42.2 Å². The summed E-state index contributed by atoms with van der Waals surface area (Å²) in [5.74, 6) is -1.08.